The van der Waals surface area contributed by atoms with Crippen LogP contribution in [0.2, 0.25) is 0 Å². The molecular weight excluding hydrogens is 212 g/mol. The zero-order valence-electron chi connectivity index (χ0n) is 8.44. The van der Waals surface area contributed by atoms with E-state index in [1.807, 2.05) is 0 Å². The van der Waals surface area contributed by atoms with Gasteiger partial charge in [0, 0.05) is 24.3 Å². The Kier molecular flexibility index (Phi) is 3.47. The van der Waals surface area contributed by atoms with Crippen molar-refractivity contribution >= 4 is 24.0 Å². The van der Waals surface area contributed by atoms with E-state index in [1.165, 1.54) is 30.2 Å². The van der Waals surface area contributed by atoms with Crippen LogP contribution in [0.15, 0.2) is 5.38 Å². The first-order valence-electron chi connectivity index (χ1n) is 5.03. The number of thiazole rings is 1. The lowest BCUT2D eigenvalue weighted by atomic mass is 10.1. The molecule has 14 heavy (non-hydrogen) atoms. The van der Waals surface area contributed by atoms with Crippen LogP contribution in [0.3, 0.4) is 0 Å². The molecule has 0 bridgehead atoms. The second-order valence-electron chi connectivity index (χ2n) is 3.89. The van der Waals surface area contributed by atoms with Crippen LogP contribution in [-0.4, -0.2) is 35.8 Å². The molecule has 1 fully saturated rings. The number of aromatic nitrogens is 1. The second kappa shape index (κ2) is 4.64. The van der Waals surface area contributed by atoms with Crippen LogP contribution < -0.4 is 0 Å². The molecule has 0 aromatic carbocycles. The summed E-state index contributed by atoms with van der Waals surface area (Å²) in [5, 5.41) is 3.47. The van der Waals surface area contributed by atoms with Crippen molar-refractivity contribution in [3.05, 3.63) is 16.1 Å². The summed E-state index contributed by atoms with van der Waals surface area (Å²) in [4.78, 5) is 7.04. The third kappa shape index (κ3) is 2.30. The first-order chi connectivity index (χ1) is 6.79. The molecule has 78 valence electrons. The Morgan fingerprint density at radius 1 is 1.71 bits per heavy atom. The number of aryl methyl sites for hydroxylation is 1. The van der Waals surface area contributed by atoms with E-state index >= 15 is 0 Å². The highest BCUT2D eigenvalue weighted by molar-refractivity contribution is 7.80. The molecule has 1 atom stereocenters. The summed E-state index contributed by atoms with van der Waals surface area (Å²) in [5.41, 5.74) is 1.30. The summed E-state index contributed by atoms with van der Waals surface area (Å²) in [6.07, 6.45) is 2.27. The van der Waals surface area contributed by atoms with E-state index in [4.69, 9.17) is 0 Å². The molecule has 1 unspecified atom stereocenters. The number of nitrogens with zero attached hydrogens (tertiary/aromatic N) is 2. The van der Waals surface area contributed by atoms with Crippen molar-refractivity contribution in [1.29, 1.82) is 0 Å². The van der Waals surface area contributed by atoms with E-state index in [1.54, 1.807) is 11.3 Å². The minimum atomic E-state index is 0.671. The zero-order valence-corrected chi connectivity index (χ0v) is 10.2. The number of hydrogen-bond acceptors (Lipinski definition) is 4. The summed E-state index contributed by atoms with van der Waals surface area (Å²) in [7, 11) is 2.18. The number of thiol groups is 1. The topological polar surface area (TPSA) is 16.1 Å². The number of likely N-dealkylation sites (tertiary alicyclic amines) is 1. The van der Waals surface area contributed by atoms with Gasteiger partial charge in [0.1, 0.15) is 0 Å². The van der Waals surface area contributed by atoms with Gasteiger partial charge in [-0.05, 0) is 25.8 Å². The maximum atomic E-state index is 4.66. The van der Waals surface area contributed by atoms with Crippen molar-refractivity contribution in [2.45, 2.75) is 18.8 Å². The molecule has 0 N–H and O–H groups in total. The van der Waals surface area contributed by atoms with Gasteiger partial charge in [-0.2, -0.15) is 12.6 Å². The SMILES string of the molecule is CN1CCC(c2csc(CCS)n2)C1. The van der Waals surface area contributed by atoms with Crippen LogP contribution in [0.25, 0.3) is 0 Å². The van der Waals surface area contributed by atoms with Gasteiger partial charge in [-0.3, -0.25) is 0 Å². The van der Waals surface area contributed by atoms with Crippen molar-refractivity contribution in [2.75, 3.05) is 25.9 Å². The van der Waals surface area contributed by atoms with Crippen LogP contribution in [0.4, 0.5) is 0 Å². The Bertz CT molecular complexity index is 298. The molecule has 0 aliphatic carbocycles. The molecule has 2 nitrogen and oxygen atoms in total. The fourth-order valence-electron chi connectivity index (χ4n) is 1.90. The van der Waals surface area contributed by atoms with Crippen molar-refractivity contribution < 1.29 is 0 Å². The summed E-state index contributed by atoms with van der Waals surface area (Å²) in [5.74, 6) is 1.57. The van der Waals surface area contributed by atoms with E-state index in [9.17, 15) is 0 Å². The average Bonchev–Trinajstić information content (AvgIpc) is 2.74. The van der Waals surface area contributed by atoms with E-state index in [2.05, 4.69) is 34.9 Å². The maximum absolute atomic E-state index is 4.66. The van der Waals surface area contributed by atoms with Gasteiger partial charge in [0.25, 0.3) is 0 Å². The Hall–Kier alpha value is -0.0600. The molecule has 1 aliphatic heterocycles. The summed E-state index contributed by atoms with van der Waals surface area (Å²) < 4.78 is 0. The molecule has 2 heterocycles. The van der Waals surface area contributed by atoms with Crippen LogP contribution >= 0.6 is 24.0 Å². The predicted octanol–water partition coefficient (Wildman–Crippen LogP) is 2.03. The third-order valence-corrected chi connectivity index (χ3v) is 3.86. The Labute approximate surface area is 94.8 Å². The summed E-state index contributed by atoms with van der Waals surface area (Å²) in [6, 6.07) is 0. The van der Waals surface area contributed by atoms with Gasteiger partial charge >= 0.3 is 0 Å². The Balaban J connectivity index is 2.02. The predicted molar refractivity (Wildman–Crippen MR) is 64.5 cm³/mol. The maximum Gasteiger partial charge on any atom is 0.0936 e. The van der Waals surface area contributed by atoms with Gasteiger partial charge in [0.15, 0.2) is 0 Å². The lowest BCUT2D eigenvalue weighted by Crippen LogP contribution is -2.13. The average molecular weight is 228 g/mol. The molecular formula is C10H16N2S2. The van der Waals surface area contributed by atoms with E-state index in [0.29, 0.717) is 5.92 Å². The van der Waals surface area contributed by atoms with Gasteiger partial charge in [-0.1, -0.05) is 0 Å². The first kappa shape index (κ1) is 10.5. The van der Waals surface area contributed by atoms with Gasteiger partial charge in [0.05, 0.1) is 10.7 Å². The smallest absolute Gasteiger partial charge is 0.0936 e. The molecule has 0 saturated carbocycles. The minimum absolute atomic E-state index is 0.671. The van der Waals surface area contributed by atoms with E-state index in [0.717, 1.165) is 12.2 Å². The lowest BCUT2D eigenvalue weighted by molar-refractivity contribution is 0.411. The van der Waals surface area contributed by atoms with Crippen molar-refractivity contribution in [1.82, 2.24) is 9.88 Å². The van der Waals surface area contributed by atoms with Crippen LogP contribution in [0.5, 0.6) is 0 Å². The number of hydrogen-bond donors (Lipinski definition) is 1. The molecule has 1 aromatic heterocycles. The van der Waals surface area contributed by atoms with Gasteiger partial charge in [0.2, 0.25) is 0 Å². The van der Waals surface area contributed by atoms with Gasteiger partial charge < -0.3 is 4.90 Å². The molecule has 0 spiro atoms. The third-order valence-electron chi connectivity index (χ3n) is 2.70. The van der Waals surface area contributed by atoms with Gasteiger partial charge in [-0.25, -0.2) is 4.98 Å². The van der Waals surface area contributed by atoms with Crippen molar-refractivity contribution in [3.8, 4) is 0 Å². The first-order valence-corrected chi connectivity index (χ1v) is 6.54. The highest BCUT2D eigenvalue weighted by atomic mass is 32.1. The number of likely N-dealkylation sites (N-methyl/N-ethyl adjacent to an activating group) is 1. The summed E-state index contributed by atoms with van der Waals surface area (Å²) >= 11 is 6.01. The van der Waals surface area contributed by atoms with Crippen LogP contribution in [-0.2, 0) is 6.42 Å². The van der Waals surface area contributed by atoms with Crippen LogP contribution in [0.1, 0.15) is 23.0 Å². The molecule has 1 saturated heterocycles. The standard InChI is InChI=1S/C10H16N2S2/c1-12-4-2-8(6-12)9-7-14-10(11-9)3-5-13/h7-8,13H,2-6H2,1H3. The molecule has 1 aliphatic rings. The molecule has 4 heteroatoms. The Morgan fingerprint density at radius 3 is 3.21 bits per heavy atom. The molecule has 0 amide bonds. The monoisotopic (exact) mass is 228 g/mol. The molecule has 2 rings (SSSR count). The minimum Gasteiger partial charge on any atom is -0.306 e. The van der Waals surface area contributed by atoms with E-state index in [-0.39, 0.29) is 0 Å². The largest absolute Gasteiger partial charge is 0.306 e. The Morgan fingerprint density at radius 2 is 2.57 bits per heavy atom. The molecule has 0 radical (unpaired) electrons. The fourth-order valence-corrected chi connectivity index (χ4v) is 3.14. The van der Waals surface area contributed by atoms with Crippen molar-refractivity contribution in [3.63, 3.8) is 0 Å². The summed E-state index contributed by atoms with van der Waals surface area (Å²) in [6.45, 7) is 2.38. The number of rotatable bonds is 3. The highest BCUT2D eigenvalue weighted by Gasteiger charge is 2.22. The highest BCUT2D eigenvalue weighted by Crippen LogP contribution is 2.27. The van der Waals surface area contributed by atoms with Crippen molar-refractivity contribution in [2.24, 2.45) is 0 Å². The van der Waals surface area contributed by atoms with Crippen LogP contribution in [0, 0.1) is 0 Å². The van der Waals surface area contributed by atoms with E-state index < -0.39 is 0 Å². The molecule has 1 aromatic rings. The fraction of sp³-hybridized carbons (Fsp3) is 0.700. The van der Waals surface area contributed by atoms with Gasteiger partial charge in [-0.15, -0.1) is 11.3 Å². The quantitative estimate of drug-likeness (QED) is 0.797. The lowest BCUT2D eigenvalue weighted by Gasteiger charge is -2.06. The zero-order chi connectivity index (χ0) is 9.97. The normalized spacial score (nSPS) is 23.1. The second-order valence-corrected chi connectivity index (χ2v) is 5.28.